The topological polar surface area (TPSA) is 90.9 Å². The van der Waals surface area contributed by atoms with Gasteiger partial charge < -0.3 is 19.0 Å². The maximum atomic E-state index is 13.9. The van der Waals surface area contributed by atoms with Gasteiger partial charge in [0.25, 0.3) is 5.56 Å². The van der Waals surface area contributed by atoms with Crippen molar-refractivity contribution < 1.29 is 19.0 Å². The molecule has 1 N–H and O–H groups in total. The van der Waals surface area contributed by atoms with E-state index in [-0.39, 0.29) is 15.9 Å². The first-order valence-corrected chi connectivity index (χ1v) is 11.8. The fraction of sp³-hybridized carbons (Fsp3) is 0.0714. The van der Waals surface area contributed by atoms with Crippen molar-refractivity contribution >= 4 is 22.7 Å². The second-order valence-corrected chi connectivity index (χ2v) is 8.85. The predicted molar refractivity (Wildman–Crippen MR) is 139 cm³/mol. The number of aromatic hydroxyl groups is 1. The monoisotopic (exact) mass is 499 g/mol. The number of ether oxygens (including phenoxy) is 2. The summed E-state index contributed by atoms with van der Waals surface area (Å²) in [4.78, 5) is 27.3. The van der Waals surface area contributed by atoms with Crippen LogP contribution in [0, 0.1) is 0 Å². The van der Waals surface area contributed by atoms with Gasteiger partial charge in [0.2, 0.25) is 0 Å². The van der Waals surface area contributed by atoms with Gasteiger partial charge in [-0.15, -0.1) is 0 Å². The van der Waals surface area contributed by atoms with E-state index in [0.29, 0.717) is 27.8 Å². The molecule has 7 nitrogen and oxygen atoms in total. The van der Waals surface area contributed by atoms with Gasteiger partial charge in [0, 0.05) is 11.8 Å². The third-order valence-electron chi connectivity index (χ3n) is 5.69. The molecule has 8 heteroatoms. The average molecular weight is 500 g/mol. The number of pyridine rings is 1. The highest BCUT2D eigenvalue weighted by atomic mass is 32.2. The van der Waals surface area contributed by atoms with Crippen LogP contribution in [-0.2, 0) is 0 Å². The quantitative estimate of drug-likeness (QED) is 0.331. The van der Waals surface area contributed by atoms with Gasteiger partial charge in [-0.05, 0) is 42.0 Å². The Bertz CT molecular complexity index is 1670. The highest BCUT2D eigenvalue weighted by Crippen LogP contribution is 2.40. The second-order valence-electron chi connectivity index (χ2n) is 7.79. The lowest BCUT2D eigenvalue weighted by Gasteiger charge is -2.16. The summed E-state index contributed by atoms with van der Waals surface area (Å²) in [5.74, 6) is 0.721. The first-order valence-electron chi connectivity index (χ1n) is 11.0. The summed E-state index contributed by atoms with van der Waals surface area (Å²) in [6.45, 7) is 0. The van der Waals surface area contributed by atoms with Gasteiger partial charge in [0.05, 0.1) is 24.8 Å². The number of hydrogen-bond donors (Lipinski definition) is 1. The van der Waals surface area contributed by atoms with Crippen molar-refractivity contribution in [1.82, 2.24) is 4.57 Å². The van der Waals surface area contributed by atoms with Crippen LogP contribution in [0.1, 0.15) is 0 Å². The molecular formula is C28H21NO6S. The molecule has 0 aliphatic carbocycles. The lowest BCUT2D eigenvalue weighted by Crippen LogP contribution is -2.21. The van der Waals surface area contributed by atoms with Crippen LogP contribution in [0.15, 0.2) is 109 Å². The molecule has 2 aromatic heterocycles. The van der Waals surface area contributed by atoms with E-state index < -0.39 is 16.9 Å². The van der Waals surface area contributed by atoms with Gasteiger partial charge >= 0.3 is 5.63 Å². The molecular weight excluding hydrogens is 478 g/mol. The highest BCUT2D eigenvalue weighted by molar-refractivity contribution is 7.99. The summed E-state index contributed by atoms with van der Waals surface area (Å²) in [7, 11) is 3.08. The molecule has 0 aliphatic rings. The Morgan fingerprint density at radius 2 is 1.56 bits per heavy atom. The van der Waals surface area contributed by atoms with Gasteiger partial charge in [-0.25, -0.2) is 4.79 Å². The zero-order valence-electron chi connectivity index (χ0n) is 19.4. The summed E-state index contributed by atoms with van der Waals surface area (Å²) < 4.78 is 17.7. The molecule has 0 amide bonds. The Hall–Kier alpha value is -4.43. The van der Waals surface area contributed by atoms with Gasteiger partial charge in [-0.2, -0.15) is 0 Å². The summed E-state index contributed by atoms with van der Waals surface area (Å²) in [5, 5.41) is 11.1. The van der Waals surface area contributed by atoms with E-state index in [2.05, 4.69) is 0 Å². The van der Waals surface area contributed by atoms with Crippen LogP contribution < -0.4 is 20.7 Å². The van der Waals surface area contributed by atoms with E-state index in [9.17, 15) is 14.7 Å². The first-order chi connectivity index (χ1) is 17.5. The molecule has 0 aliphatic heterocycles. The number of para-hydroxylation sites is 1. The molecule has 36 heavy (non-hydrogen) atoms. The fourth-order valence-corrected chi connectivity index (χ4v) is 4.90. The van der Waals surface area contributed by atoms with Crippen LogP contribution in [0.25, 0.3) is 27.9 Å². The first kappa shape index (κ1) is 23.3. The molecule has 0 fully saturated rings. The molecule has 2 heterocycles. The van der Waals surface area contributed by atoms with Crippen LogP contribution >= 0.6 is 11.8 Å². The molecule has 0 bridgehead atoms. The number of hydrogen-bond acceptors (Lipinski definition) is 7. The van der Waals surface area contributed by atoms with Crippen LogP contribution in [-0.4, -0.2) is 23.9 Å². The van der Waals surface area contributed by atoms with E-state index in [1.54, 1.807) is 61.7 Å². The Morgan fingerprint density at radius 3 is 2.25 bits per heavy atom. The third kappa shape index (κ3) is 4.12. The molecule has 3 aromatic carbocycles. The van der Waals surface area contributed by atoms with Crippen molar-refractivity contribution in [2.75, 3.05) is 14.2 Å². The minimum Gasteiger partial charge on any atom is -0.505 e. The number of benzene rings is 3. The Labute approximate surface area is 210 Å². The van der Waals surface area contributed by atoms with Crippen molar-refractivity contribution in [3.63, 3.8) is 0 Å². The molecule has 0 atom stereocenters. The molecule has 0 radical (unpaired) electrons. The van der Waals surface area contributed by atoms with Gasteiger partial charge in [-0.1, -0.05) is 54.2 Å². The van der Waals surface area contributed by atoms with Crippen molar-refractivity contribution in [2.45, 2.75) is 9.79 Å². The van der Waals surface area contributed by atoms with E-state index >= 15 is 0 Å². The van der Waals surface area contributed by atoms with Crippen LogP contribution in [0.4, 0.5) is 0 Å². The van der Waals surface area contributed by atoms with Crippen molar-refractivity contribution in [3.05, 3.63) is 106 Å². The maximum Gasteiger partial charge on any atom is 0.354 e. The van der Waals surface area contributed by atoms with Gasteiger partial charge in [0.15, 0.2) is 5.75 Å². The fourth-order valence-electron chi connectivity index (χ4n) is 3.95. The van der Waals surface area contributed by atoms with Crippen LogP contribution in [0.5, 0.6) is 17.2 Å². The molecule has 5 rings (SSSR count). The lowest BCUT2D eigenvalue weighted by atomic mass is 10.1. The molecule has 0 saturated heterocycles. The maximum absolute atomic E-state index is 13.9. The summed E-state index contributed by atoms with van der Waals surface area (Å²) in [6, 6.07) is 24.9. The summed E-state index contributed by atoms with van der Waals surface area (Å²) >= 11 is 0.977. The van der Waals surface area contributed by atoms with E-state index in [0.717, 1.165) is 17.3 Å². The molecule has 5 aromatic rings. The average Bonchev–Trinajstić information content (AvgIpc) is 2.91. The number of fused-ring (bicyclic) bond motifs is 1. The summed E-state index contributed by atoms with van der Waals surface area (Å²) in [6.07, 6.45) is 0. The standard InChI is InChI=1S/C28H21NO6S/c1-33-19-14-12-18(13-15-19)29-20(17-8-4-3-5-9-17)16-22-24(27(29)31)25(30)26(28(32)35-22)36-23-11-7-6-10-21(23)34-2/h3-16,30H,1-2H3. The molecule has 0 spiro atoms. The zero-order chi connectivity index (χ0) is 25.2. The van der Waals surface area contributed by atoms with E-state index in [1.807, 2.05) is 30.3 Å². The smallest absolute Gasteiger partial charge is 0.354 e. The number of rotatable bonds is 6. The molecule has 0 saturated carbocycles. The third-order valence-corrected chi connectivity index (χ3v) is 6.81. The predicted octanol–water partition coefficient (Wildman–Crippen LogP) is 5.48. The lowest BCUT2D eigenvalue weighted by molar-refractivity contribution is 0.404. The Balaban J connectivity index is 1.79. The van der Waals surface area contributed by atoms with Crippen LogP contribution in [0.2, 0.25) is 0 Å². The van der Waals surface area contributed by atoms with Gasteiger partial charge in [-0.3, -0.25) is 9.36 Å². The van der Waals surface area contributed by atoms with Crippen molar-refractivity contribution in [1.29, 1.82) is 0 Å². The largest absolute Gasteiger partial charge is 0.505 e. The van der Waals surface area contributed by atoms with E-state index in [4.69, 9.17) is 13.9 Å². The zero-order valence-corrected chi connectivity index (χ0v) is 20.2. The van der Waals surface area contributed by atoms with Crippen molar-refractivity contribution in [2.24, 2.45) is 0 Å². The number of nitrogens with zero attached hydrogens (tertiary/aromatic N) is 1. The Kier molecular flexibility index (Phi) is 6.26. The normalized spacial score (nSPS) is 10.9. The number of aromatic nitrogens is 1. The highest BCUT2D eigenvalue weighted by Gasteiger charge is 2.23. The minimum atomic E-state index is -0.753. The van der Waals surface area contributed by atoms with Crippen LogP contribution in [0.3, 0.4) is 0 Å². The second kappa shape index (κ2) is 9.67. The summed E-state index contributed by atoms with van der Waals surface area (Å²) in [5.41, 5.74) is 0.519. The van der Waals surface area contributed by atoms with Gasteiger partial charge in [0.1, 0.15) is 27.4 Å². The number of methoxy groups -OCH3 is 2. The Morgan fingerprint density at radius 1 is 0.861 bits per heavy atom. The molecule has 180 valence electrons. The van der Waals surface area contributed by atoms with Crippen molar-refractivity contribution in [3.8, 4) is 34.2 Å². The van der Waals surface area contributed by atoms with E-state index in [1.165, 1.54) is 11.7 Å². The SMILES string of the molecule is COc1ccc(-n2c(-c3ccccc3)cc3oc(=O)c(Sc4ccccc4OC)c(O)c3c2=O)cc1. The minimum absolute atomic E-state index is 0.00417. The molecule has 0 unspecified atom stereocenters.